The number of carbonyl (C=O) groups is 1. The van der Waals surface area contributed by atoms with E-state index in [2.05, 4.69) is 11.1 Å². The standard InChI is InChI=1S/C15H16N2O2/c1-17(19-2)15(18)13-8-12(13)11-7-10-5-3-4-6-14(10)16-9-11/h3-7,9,12-13H,8H2,1-2H3. The molecule has 4 heteroatoms. The maximum absolute atomic E-state index is 12.0. The van der Waals surface area contributed by atoms with Crippen molar-refractivity contribution >= 4 is 16.8 Å². The number of amides is 1. The Morgan fingerprint density at radius 2 is 2.21 bits per heavy atom. The number of nitrogens with zero attached hydrogens (tertiary/aromatic N) is 2. The molecule has 1 amide bonds. The lowest BCUT2D eigenvalue weighted by Gasteiger charge is -2.13. The molecular weight excluding hydrogens is 240 g/mol. The third kappa shape index (κ3) is 2.19. The molecule has 1 aliphatic rings. The fourth-order valence-electron chi connectivity index (χ4n) is 2.45. The Morgan fingerprint density at radius 3 is 3.00 bits per heavy atom. The number of benzene rings is 1. The lowest BCUT2D eigenvalue weighted by molar-refractivity contribution is -0.170. The van der Waals surface area contributed by atoms with E-state index in [0.717, 1.165) is 22.9 Å². The predicted octanol–water partition coefficient (Wildman–Crippen LogP) is 2.36. The van der Waals surface area contributed by atoms with Gasteiger partial charge in [-0.3, -0.25) is 14.6 Å². The minimum Gasteiger partial charge on any atom is -0.275 e. The molecule has 0 bridgehead atoms. The van der Waals surface area contributed by atoms with Crippen molar-refractivity contribution in [2.45, 2.75) is 12.3 Å². The molecule has 1 aromatic carbocycles. The largest absolute Gasteiger partial charge is 0.275 e. The number of aromatic nitrogens is 1. The molecule has 1 heterocycles. The number of hydroxylamine groups is 2. The minimum absolute atomic E-state index is 0.0351. The average molecular weight is 256 g/mol. The van der Waals surface area contributed by atoms with Gasteiger partial charge in [-0.25, -0.2) is 5.06 Å². The Bertz CT molecular complexity index is 626. The Labute approximate surface area is 112 Å². The van der Waals surface area contributed by atoms with Crippen molar-refractivity contribution in [2.75, 3.05) is 14.2 Å². The first-order chi connectivity index (χ1) is 9.20. The topological polar surface area (TPSA) is 42.4 Å². The molecule has 1 fully saturated rings. The third-order valence-corrected chi connectivity index (χ3v) is 3.73. The van der Waals surface area contributed by atoms with E-state index in [9.17, 15) is 4.79 Å². The van der Waals surface area contributed by atoms with Crippen LogP contribution >= 0.6 is 0 Å². The quantitative estimate of drug-likeness (QED) is 0.792. The van der Waals surface area contributed by atoms with E-state index in [-0.39, 0.29) is 17.7 Å². The van der Waals surface area contributed by atoms with Gasteiger partial charge in [0.05, 0.1) is 12.6 Å². The highest BCUT2D eigenvalue weighted by molar-refractivity contribution is 5.83. The summed E-state index contributed by atoms with van der Waals surface area (Å²) in [4.78, 5) is 21.3. The molecule has 2 unspecified atom stereocenters. The molecule has 0 saturated heterocycles. The first kappa shape index (κ1) is 12.1. The van der Waals surface area contributed by atoms with Crippen LogP contribution < -0.4 is 0 Å². The Morgan fingerprint density at radius 1 is 1.42 bits per heavy atom. The van der Waals surface area contributed by atoms with Gasteiger partial charge < -0.3 is 0 Å². The number of hydrogen-bond donors (Lipinski definition) is 0. The van der Waals surface area contributed by atoms with Crippen LogP contribution in [-0.4, -0.2) is 30.1 Å². The lowest BCUT2D eigenvalue weighted by atomic mass is 10.1. The predicted molar refractivity (Wildman–Crippen MR) is 72.4 cm³/mol. The monoisotopic (exact) mass is 256 g/mol. The van der Waals surface area contributed by atoms with Crippen LogP contribution in [0.25, 0.3) is 10.9 Å². The van der Waals surface area contributed by atoms with Crippen molar-refractivity contribution < 1.29 is 9.63 Å². The van der Waals surface area contributed by atoms with Gasteiger partial charge >= 0.3 is 0 Å². The van der Waals surface area contributed by atoms with Gasteiger partial charge in [0.1, 0.15) is 0 Å². The first-order valence-electron chi connectivity index (χ1n) is 6.37. The van der Waals surface area contributed by atoms with Crippen LogP contribution in [0, 0.1) is 5.92 Å². The Hall–Kier alpha value is -1.94. The maximum Gasteiger partial charge on any atom is 0.249 e. The molecule has 0 N–H and O–H groups in total. The molecule has 0 aliphatic heterocycles. The van der Waals surface area contributed by atoms with Crippen molar-refractivity contribution in [3.8, 4) is 0 Å². The highest BCUT2D eigenvalue weighted by atomic mass is 16.7. The summed E-state index contributed by atoms with van der Waals surface area (Å²) in [6.45, 7) is 0. The molecule has 1 aromatic heterocycles. The van der Waals surface area contributed by atoms with Gasteiger partial charge in [0.25, 0.3) is 0 Å². The first-order valence-corrected chi connectivity index (χ1v) is 6.37. The van der Waals surface area contributed by atoms with Crippen molar-refractivity contribution in [1.82, 2.24) is 10.0 Å². The van der Waals surface area contributed by atoms with Crippen molar-refractivity contribution in [3.05, 3.63) is 42.1 Å². The van der Waals surface area contributed by atoms with E-state index in [1.165, 1.54) is 12.2 Å². The van der Waals surface area contributed by atoms with E-state index in [0.29, 0.717) is 0 Å². The highest BCUT2D eigenvalue weighted by Crippen LogP contribution is 2.48. The van der Waals surface area contributed by atoms with E-state index in [1.807, 2.05) is 30.5 Å². The number of hydrogen-bond acceptors (Lipinski definition) is 3. The number of rotatable bonds is 3. The van der Waals surface area contributed by atoms with E-state index in [1.54, 1.807) is 7.05 Å². The molecule has 19 heavy (non-hydrogen) atoms. The van der Waals surface area contributed by atoms with E-state index >= 15 is 0 Å². The van der Waals surface area contributed by atoms with Crippen LogP contribution in [-0.2, 0) is 9.63 Å². The summed E-state index contributed by atoms with van der Waals surface area (Å²) < 4.78 is 0. The van der Waals surface area contributed by atoms with Gasteiger partial charge in [-0.1, -0.05) is 18.2 Å². The molecule has 2 atom stereocenters. The van der Waals surface area contributed by atoms with Crippen LogP contribution in [0.4, 0.5) is 0 Å². The van der Waals surface area contributed by atoms with E-state index in [4.69, 9.17) is 4.84 Å². The molecule has 0 spiro atoms. The van der Waals surface area contributed by atoms with Crippen LogP contribution in [0.2, 0.25) is 0 Å². The molecule has 0 radical (unpaired) electrons. The lowest BCUT2D eigenvalue weighted by Crippen LogP contribution is -2.27. The van der Waals surface area contributed by atoms with Gasteiger partial charge in [-0.15, -0.1) is 0 Å². The zero-order chi connectivity index (χ0) is 13.4. The molecule has 1 aliphatic carbocycles. The van der Waals surface area contributed by atoms with Crippen molar-refractivity contribution in [1.29, 1.82) is 0 Å². The highest BCUT2D eigenvalue weighted by Gasteiger charge is 2.45. The summed E-state index contributed by atoms with van der Waals surface area (Å²) in [5, 5.41) is 2.43. The summed E-state index contributed by atoms with van der Waals surface area (Å²) in [6.07, 6.45) is 2.76. The van der Waals surface area contributed by atoms with Gasteiger partial charge in [0, 0.05) is 24.5 Å². The molecule has 1 saturated carbocycles. The normalized spacial score (nSPS) is 21.4. The smallest absolute Gasteiger partial charge is 0.249 e. The van der Waals surface area contributed by atoms with Gasteiger partial charge in [-0.2, -0.15) is 0 Å². The van der Waals surface area contributed by atoms with Gasteiger partial charge in [-0.05, 0) is 30.0 Å². The Kier molecular flexibility index (Phi) is 2.95. The second-order valence-electron chi connectivity index (χ2n) is 4.93. The fourth-order valence-corrected chi connectivity index (χ4v) is 2.45. The van der Waals surface area contributed by atoms with Crippen LogP contribution in [0.1, 0.15) is 17.9 Å². The summed E-state index contributed by atoms with van der Waals surface area (Å²) in [5.41, 5.74) is 2.13. The molecular formula is C15H16N2O2. The fraction of sp³-hybridized carbons (Fsp3) is 0.333. The summed E-state index contributed by atoms with van der Waals surface area (Å²) >= 11 is 0. The van der Waals surface area contributed by atoms with Crippen LogP contribution in [0.5, 0.6) is 0 Å². The molecule has 98 valence electrons. The average Bonchev–Trinajstić information content (AvgIpc) is 3.25. The van der Waals surface area contributed by atoms with Gasteiger partial charge in [0.2, 0.25) is 5.91 Å². The molecule has 3 rings (SSSR count). The number of fused-ring (bicyclic) bond motifs is 1. The number of para-hydroxylation sites is 1. The maximum atomic E-state index is 12.0. The summed E-state index contributed by atoms with van der Waals surface area (Å²) in [6, 6.07) is 10.2. The van der Waals surface area contributed by atoms with Crippen molar-refractivity contribution in [3.63, 3.8) is 0 Å². The van der Waals surface area contributed by atoms with Crippen LogP contribution in [0.15, 0.2) is 36.5 Å². The second-order valence-corrected chi connectivity index (χ2v) is 4.93. The zero-order valence-electron chi connectivity index (χ0n) is 11.0. The second kappa shape index (κ2) is 4.63. The summed E-state index contributed by atoms with van der Waals surface area (Å²) in [7, 11) is 3.16. The molecule has 2 aromatic rings. The SMILES string of the molecule is CON(C)C(=O)C1CC1c1cnc2ccccc2c1. The summed E-state index contributed by atoms with van der Waals surface area (Å²) in [5.74, 6) is 0.357. The zero-order valence-corrected chi connectivity index (χ0v) is 11.0. The third-order valence-electron chi connectivity index (χ3n) is 3.73. The van der Waals surface area contributed by atoms with Crippen LogP contribution in [0.3, 0.4) is 0 Å². The molecule has 4 nitrogen and oxygen atoms in total. The van der Waals surface area contributed by atoms with Crippen molar-refractivity contribution in [2.24, 2.45) is 5.92 Å². The Balaban J connectivity index is 1.81. The number of carbonyl (C=O) groups excluding carboxylic acids is 1. The van der Waals surface area contributed by atoms with E-state index < -0.39 is 0 Å². The minimum atomic E-state index is 0.0351. The number of pyridine rings is 1. The van der Waals surface area contributed by atoms with Gasteiger partial charge in [0.15, 0.2) is 0 Å².